The molecule has 33 heavy (non-hydrogen) atoms. The van der Waals surface area contributed by atoms with Crippen LogP contribution in [0.1, 0.15) is 51.2 Å². The number of hydrogen-bond donors (Lipinski definition) is 4. The normalized spacial score (nSPS) is 21.2. The number of nitrogens with zero attached hydrogens (tertiary/aromatic N) is 2. The Bertz CT molecular complexity index is 962. The third kappa shape index (κ3) is 5.32. The summed E-state index contributed by atoms with van der Waals surface area (Å²) in [7, 11) is 0. The smallest absolute Gasteiger partial charge is 0.332 e. The minimum Gasteiger partial charge on any atom is -0.350 e. The SMILES string of the molecule is CC[C@@H](/C=N/NC(N)=O)NC(=O)[C@@H]1Cc2cccc3c2N1C(=O)[C@@H](NC(=O)[C@@H](C)CC)CC3. The van der Waals surface area contributed by atoms with E-state index in [0.29, 0.717) is 32.1 Å². The van der Waals surface area contributed by atoms with Crippen LogP contribution >= 0.6 is 0 Å². The Kier molecular flexibility index (Phi) is 7.67. The van der Waals surface area contributed by atoms with Crippen LogP contribution in [0.25, 0.3) is 0 Å². The lowest BCUT2D eigenvalue weighted by Gasteiger charge is -2.29. The molecule has 1 aromatic rings. The number of benzene rings is 1. The van der Waals surface area contributed by atoms with E-state index in [1.807, 2.05) is 39.0 Å². The van der Waals surface area contributed by atoms with Crippen LogP contribution in [-0.2, 0) is 27.2 Å². The second-order valence-corrected chi connectivity index (χ2v) is 8.54. The maximum atomic E-state index is 13.6. The number of nitrogens with two attached hydrogens (primary N) is 1. The number of carbonyl (C=O) groups excluding carboxylic acids is 4. The zero-order chi connectivity index (χ0) is 24.1. The number of nitrogens with one attached hydrogen (secondary N) is 3. The van der Waals surface area contributed by atoms with Crippen molar-refractivity contribution in [3.8, 4) is 0 Å². The lowest BCUT2D eigenvalue weighted by molar-refractivity contribution is -0.131. The van der Waals surface area contributed by atoms with E-state index in [0.717, 1.165) is 16.8 Å². The maximum absolute atomic E-state index is 13.6. The molecule has 1 aromatic carbocycles. The van der Waals surface area contributed by atoms with E-state index in [9.17, 15) is 19.2 Å². The standard InChI is InChI=1S/C23H32N6O4/c1-4-13(3)20(30)27-17-10-9-14-7-6-8-15-11-18(29(19(14)15)22(17)32)21(31)26-16(5-2)12-25-28-23(24)33/h6-8,12-13,16-18H,4-5,9-11H2,1-3H3,(H,26,31)(H,27,30)(H3,24,28,33)/b25-12+/t13-,16-,17-,18-/m0/s1. The Hall–Kier alpha value is -3.43. The Balaban J connectivity index is 1.84. The fraction of sp³-hybridized carbons (Fsp3) is 0.522. The van der Waals surface area contributed by atoms with Crippen molar-refractivity contribution in [2.75, 3.05) is 4.90 Å². The molecule has 5 amide bonds. The quantitative estimate of drug-likeness (QED) is 0.341. The minimum atomic E-state index is -0.799. The molecule has 178 valence electrons. The Morgan fingerprint density at radius 2 is 1.97 bits per heavy atom. The Morgan fingerprint density at radius 3 is 2.64 bits per heavy atom. The van der Waals surface area contributed by atoms with Gasteiger partial charge in [0.15, 0.2) is 0 Å². The molecule has 0 unspecified atom stereocenters. The molecule has 2 aliphatic rings. The largest absolute Gasteiger partial charge is 0.350 e. The number of primary amides is 1. The summed E-state index contributed by atoms with van der Waals surface area (Å²) in [6.45, 7) is 5.61. The average molecular weight is 457 g/mol. The van der Waals surface area contributed by atoms with Crippen LogP contribution in [0.15, 0.2) is 23.3 Å². The monoisotopic (exact) mass is 456 g/mol. The van der Waals surface area contributed by atoms with Gasteiger partial charge in [0.1, 0.15) is 12.1 Å². The van der Waals surface area contributed by atoms with Crippen molar-refractivity contribution in [1.82, 2.24) is 16.1 Å². The third-order valence-corrected chi connectivity index (χ3v) is 6.28. The van der Waals surface area contributed by atoms with Crippen molar-refractivity contribution in [1.29, 1.82) is 0 Å². The van der Waals surface area contributed by atoms with Gasteiger partial charge in [-0.25, -0.2) is 10.2 Å². The summed E-state index contributed by atoms with van der Waals surface area (Å²) < 4.78 is 0. The number of urea groups is 1. The zero-order valence-corrected chi connectivity index (χ0v) is 19.3. The molecule has 3 rings (SSSR count). The van der Waals surface area contributed by atoms with Gasteiger partial charge in [-0.2, -0.15) is 5.10 Å². The van der Waals surface area contributed by atoms with E-state index >= 15 is 0 Å². The molecule has 0 spiro atoms. The van der Waals surface area contributed by atoms with Crippen molar-refractivity contribution in [2.24, 2.45) is 16.8 Å². The first kappa shape index (κ1) is 24.2. The van der Waals surface area contributed by atoms with E-state index in [2.05, 4.69) is 21.2 Å². The molecular formula is C23H32N6O4. The first-order valence-electron chi connectivity index (χ1n) is 11.4. The van der Waals surface area contributed by atoms with Crippen LogP contribution in [0.5, 0.6) is 0 Å². The van der Waals surface area contributed by atoms with Crippen molar-refractivity contribution in [3.63, 3.8) is 0 Å². The van der Waals surface area contributed by atoms with Crippen LogP contribution in [0.3, 0.4) is 0 Å². The fourth-order valence-corrected chi connectivity index (χ4v) is 4.19. The first-order valence-corrected chi connectivity index (χ1v) is 11.4. The molecule has 10 heteroatoms. The predicted octanol–water partition coefficient (Wildman–Crippen LogP) is 0.970. The minimum absolute atomic E-state index is 0.161. The highest BCUT2D eigenvalue weighted by Gasteiger charge is 2.44. The van der Waals surface area contributed by atoms with Crippen LogP contribution in [0.2, 0.25) is 0 Å². The van der Waals surface area contributed by atoms with E-state index < -0.39 is 24.2 Å². The van der Waals surface area contributed by atoms with Crippen LogP contribution in [-0.4, -0.2) is 48.1 Å². The van der Waals surface area contributed by atoms with Gasteiger partial charge in [-0.1, -0.05) is 39.0 Å². The molecule has 0 radical (unpaired) electrons. The van der Waals surface area contributed by atoms with Gasteiger partial charge in [-0.15, -0.1) is 0 Å². The predicted molar refractivity (Wildman–Crippen MR) is 125 cm³/mol. The molecule has 5 N–H and O–H groups in total. The number of amides is 5. The van der Waals surface area contributed by atoms with Crippen molar-refractivity contribution in [3.05, 3.63) is 29.3 Å². The van der Waals surface area contributed by atoms with Gasteiger partial charge in [0.25, 0.3) is 0 Å². The maximum Gasteiger partial charge on any atom is 0.332 e. The van der Waals surface area contributed by atoms with Gasteiger partial charge in [0.05, 0.1) is 11.7 Å². The van der Waals surface area contributed by atoms with Gasteiger partial charge in [-0.05, 0) is 36.8 Å². The molecule has 0 saturated carbocycles. The zero-order valence-electron chi connectivity index (χ0n) is 19.3. The number of para-hydroxylation sites is 1. The van der Waals surface area contributed by atoms with Crippen LogP contribution in [0.4, 0.5) is 10.5 Å². The molecular weight excluding hydrogens is 424 g/mol. The fourth-order valence-electron chi connectivity index (χ4n) is 4.19. The summed E-state index contributed by atoms with van der Waals surface area (Å²) in [6, 6.07) is 3.16. The van der Waals surface area contributed by atoms with Crippen molar-refractivity contribution < 1.29 is 19.2 Å². The van der Waals surface area contributed by atoms with Crippen molar-refractivity contribution in [2.45, 2.75) is 71.0 Å². The highest BCUT2D eigenvalue weighted by molar-refractivity contribution is 6.08. The van der Waals surface area contributed by atoms with Crippen LogP contribution in [0, 0.1) is 5.92 Å². The van der Waals surface area contributed by atoms with Crippen LogP contribution < -0.4 is 26.7 Å². The number of anilines is 1. The average Bonchev–Trinajstić information content (AvgIpc) is 3.13. The summed E-state index contributed by atoms with van der Waals surface area (Å²) >= 11 is 0. The second-order valence-electron chi connectivity index (χ2n) is 8.54. The topological polar surface area (TPSA) is 146 Å². The molecule has 4 atom stereocenters. The van der Waals surface area contributed by atoms with E-state index in [-0.39, 0.29) is 23.6 Å². The molecule has 2 heterocycles. The van der Waals surface area contributed by atoms with E-state index in [1.165, 1.54) is 6.21 Å². The highest BCUT2D eigenvalue weighted by Crippen LogP contribution is 2.39. The molecule has 0 aliphatic carbocycles. The molecule has 0 bridgehead atoms. The number of carbonyl (C=O) groups is 4. The van der Waals surface area contributed by atoms with Crippen molar-refractivity contribution >= 4 is 35.7 Å². The second kappa shape index (κ2) is 10.5. The molecule has 10 nitrogen and oxygen atoms in total. The lowest BCUT2D eigenvalue weighted by atomic mass is 10.0. The number of aryl methyl sites for hydroxylation is 1. The molecule has 0 aromatic heterocycles. The molecule has 0 fully saturated rings. The Labute approximate surface area is 193 Å². The summed E-state index contributed by atoms with van der Waals surface area (Å²) in [4.78, 5) is 51.7. The van der Waals surface area contributed by atoms with Gasteiger partial charge >= 0.3 is 6.03 Å². The molecule has 2 aliphatic heterocycles. The molecule has 0 saturated heterocycles. The summed E-state index contributed by atoms with van der Waals surface area (Å²) in [6.07, 6.45) is 4.10. The number of hydrogen-bond acceptors (Lipinski definition) is 5. The third-order valence-electron chi connectivity index (χ3n) is 6.28. The summed E-state index contributed by atoms with van der Waals surface area (Å²) in [5.74, 6) is -0.953. The first-order chi connectivity index (χ1) is 15.8. The number of hydrazone groups is 1. The summed E-state index contributed by atoms with van der Waals surface area (Å²) in [5, 5.41) is 9.52. The summed E-state index contributed by atoms with van der Waals surface area (Å²) in [5.41, 5.74) is 9.83. The van der Waals surface area contributed by atoms with E-state index in [4.69, 9.17) is 5.73 Å². The van der Waals surface area contributed by atoms with Gasteiger partial charge in [0.2, 0.25) is 17.7 Å². The highest BCUT2D eigenvalue weighted by atomic mass is 16.2. The Morgan fingerprint density at radius 1 is 1.24 bits per heavy atom. The van der Waals surface area contributed by atoms with Gasteiger partial charge in [-0.3, -0.25) is 19.3 Å². The van der Waals surface area contributed by atoms with Gasteiger partial charge < -0.3 is 16.4 Å². The lowest BCUT2D eigenvalue weighted by Crippen LogP contribution is -2.56. The van der Waals surface area contributed by atoms with Gasteiger partial charge in [0, 0.05) is 18.6 Å². The number of rotatable bonds is 8. The van der Waals surface area contributed by atoms with E-state index in [1.54, 1.807) is 4.90 Å².